The summed E-state index contributed by atoms with van der Waals surface area (Å²) in [5.74, 6) is 26.7. The Bertz CT molecular complexity index is 2270. The highest BCUT2D eigenvalue weighted by molar-refractivity contribution is 5.22. The number of hydrogen-bond donors (Lipinski definition) is 0. The molecule has 104 heavy (non-hydrogen) atoms. The lowest BCUT2D eigenvalue weighted by molar-refractivity contribution is -0.0286. The summed E-state index contributed by atoms with van der Waals surface area (Å²) in [5.41, 5.74) is 4.15. The van der Waals surface area contributed by atoms with Crippen LogP contribution in [-0.2, 0) is 0 Å². The third-order valence-corrected chi connectivity index (χ3v) is 40.0. The van der Waals surface area contributed by atoms with E-state index in [1.807, 2.05) is 0 Å². The zero-order valence-electron chi connectivity index (χ0n) is 81.8. The summed E-state index contributed by atoms with van der Waals surface area (Å²) in [6, 6.07) is 0. The summed E-state index contributed by atoms with van der Waals surface area (Å²) in [7, 11) is 0. The first kappa shape index (κ1) is 104. The fraction of sp³-hybridized carbons (Fsp3) is 0.981. The lowest BCUT2D eigenvalue weighted by Crippen LogP contribution is -2.45. The van der Waals surface area contributed by atoms with Gasteiger partial charge in [-0.05, 0) is 274 Å². The highest BCUT2D eigenvalue weighted by Crippen LogP contribution is 2.55. The van der Waals surface area contributed by atoms with Crippen LogP contribution in [0.2, 0.25) is 0 Å². The molecular weight excluding hydrogens is 1250 g/mol. The molecule has 0 spiro atoms. The molecule has 0 aliphatic carbocycles. The van der Waals surface area contributed by atoms with Crippen LogP contribution in [0.4, 0.5) is 0 Å². The summed E-state index contributed by atoms with van der Waals surface area (Å²) in [4.78, 5) is 0. The maximum atomic E-state index is 2.74. The van der Waals surface area contributed by atoms with E-state index in [1.165, 1.54) is 70.6 Å². The highest BCUT2D eigenvalue weighted by atomic mass is 14.5. The first-order valence-electron chi connectivity index (χ1n) is 47.2. The van der Waals surface area contributed by atoms with Crippen molar-refractivity contribution in [2.45, 2.75) is 410 Å². The molecule has 624 valence electrons. The molecule has 0 aromatic carbocycles. The maximum Gasteiger partial charge on any atom is -0.00882 e. The quantitative estimate of drug-likeness (QED) is 0.0421. The van der Waals surface area contributed by atoms with Crippen LogP contribution in [0.25, 0.3) is 0 Å². The summed E-state index contributed by atoms with van der Waals surface area (Å²) in [5, 5.41) is 0. The maximum absolute atomic E-state index is 2.74. The molecule has 0 heteroatoms. The minimum absolute atomic E-state index is 0.194. The summed E-state index contributed by atoms with van der Waals surface area (Å²) < 4.78 is 0. The molecule has 0 heterocycles. The van der Waals surface area contributed by atoms with Crippen molar-refractivity contribution >= 4 is 0 Å². The van der Waals surface area contributed by atoms with E-state index in [9.17, 15) is 0 Å². The third-order valence-electron chi connectivity index (χ3n) is 40.0. The monoisotopic (exact) mass is 1460 g/mol. The van der Waals surface area contributed by atoms with Gasteiger partial charge in [-0.3, -0.25) is 0 Å². The van der Waals surface area contributed by atoms with Gasteiger partial charge in [-0.1, -0.05) is 394 Å². The summed E-state index contributed by atoms with van der Waals surface area (Å²) in [6.45, 7) is 128. The molecule has 0 bridgehead atoms. The fourth-order valence-electron chi connectivity index (χ4n) is 23.2. The molecule has 0 saturated heterocycles. The smallest absolute Gasteiger partial charge is 0.00882 e. The first-order chi connectivity index (χ1) is 47.5. The average molecular weight is 1460 g/mol. The van der Waals surface area contributed by atoms with E-state index in [4.69, 9.17) is 0 Å². The van der Waals surface area contributed by atoms with Gasteiger partial charge in [0.1, 0.15) is 0 Å². The van der Waals surface area contributed by atoms with E-state index in [0.29, 0.717) is 172 Å². The van der Waals surface area contributed by atoms with E-state index in [2.05, 4.69) is 339 Å². The molecule has 0 fully saturated rings. The van der Waals surface area contributed by atoms with Crippen molar-refractivity contribution in [3.05, 3.63) is 11.1 Å². The van der Waals surface area contributed by atoms with Gasteiger partial charge in [0.05, 0.1) is 0 Å². The van der Waals surface area contributed by atoms with E-state index >= 15 is 0 Å². The molecule has 0 aliphatic heterocycles. The SMILES string of the molecule is CCCCCCCCCCC(C)(C(C)=C(C)C(C)CC(CC)C(C)C(C)C(C)C(C)C(C)C)C(C)C(C)C(C)C(C)C(C)C(C)C(C)C(C)C(C)C(C)C(C)C(C)C(C)C(C)C(C)C(C)C(C)C(C)C(C)C(C)C(C)C(C)C(C)C(C)(C)C(C)C(C)C(C)C(C)(C)C(C)C(C)C(C)C(C)C(C)C(C)C. The zero-order chi connectivity index (χ0) is 81.9. The van der Waals surface area contributed by atoms with Gasteiger partial charge in [0.2, 0.25) is 0 Å². The van der Waals surface area contributed by atoms with Crippen LogP contribution in [0.3, 0.4) is 0 Å². The number of hydrogen-bond acceptors (Lipinski definition) is 0. The van der Waals surface area contributed by atoms with Gasteiger partial charge in [0.25, 0.3) is 0 Å². The van der Waals surface area contributed by atoms with Gasteiger partial charge in [-0.15, -0.1) is 0 Å². The molecule has 0 radical (unpaired) electrons. The van der Waals surface area contributed by atoms with Crippen LogP contribution in [0.15, 0.2) is 11.1 Å². The Morgan fingerprint density at radius 1 is 0.221 bits per heavy atom. The molecule has 0 rings (SSSR count). The normalized spacial score (nSPS) is 25.0. The topological polar surface area (TPSA) is 0 Å². The van der Waals surface area contributed by atoms with Crippen LogP contribution < -0.4 is 0 Å². The summed E-state index contributed by atoms with van der Waals surface area (Å²) >= 11 is 0. The van der Waals surface area contributed by atoms with E-state index < -0.39 is 0 Å². The van der Waals surface area contributed by atoms with Crippen molar-refractivity contribution in [3.8, 4) is 0 Å². The van der Waals surface area contributed by atoms with Crippen LogP contribution in [0, 0.1) is 247 Å². The Morgan fingerprint density at radius 2 is 0.423 bits per heavy atom. The van der Waals surface area contributed by atoms with Gasteiger partial charge < -0.3 is 0 Å². The second-order valence-corrected chi connectivity index (χ2v) is 44.1. The van der Waals surface area contributed by atoms with Gasteiger partial charge in [-0.25, -0.2) is 0 Å². The minimum Gasteiger partial charge on any atom is -0.0710 e. The van der Waals surface area contributed by atoms with Crippen LogP contribution in [0.1, 0.15) is 410 Å². The predicted octanol–water partition coefficient (Wildman–Crippen LogP) is 34.5. The van der Waals surface area contributed by atoms with Gasteiger partial charge in [0, 0.05) is 0 Å². The van der Waals surface area contributed by atoms with Crippen molar-refractivity contribution < 1.29 is 0 Å². The summed E-state index contributed by atoms with van der Waals surface area (Å²) in [6.07, 6.45) is 15.1. The number of allylic oxidation sites excluding steroid dienone is 2. The Morgan fingerprint density at radius 3 is 0.663 bits per heavy atom. The lowest BCUT2D eigenvalue weighted by Gasteiger charge is -2.51. The molecule has 0 saturated carbocycles. The Labute approximate surface area is 664 Å². The van der Waals surface area contributed by atoms with E-state index in [-0.39, 0.29) is 16.2 Å². The second kappa shape index (κ2) is 46.2. The standard InChI is InChI=1S/C104H208/c1-50-52-53-54-55-56-57-58-59-104(49,99(43)66(10)63(7)60-101(51-2)93(37)89(33)68(12)65(9)62(5)6)100(44)92(36)88(32)85(29)83(27)81(25)79(23)77(21)75(19)73(17)71(15)69(13)70(14)72(16)74(18)76(20)78(22)80(24)82(26)84(28)87(31)91(35)96(40)103(47,48)98(42)94(38)97(41)102(45,46)95(39)90(34)86(30)67(11)64(8)61(3)4/h61-65,67-98,100-101H,50-60H2,1-49H3. The van der Waals surface area contributed by atoms with E-state index in [1.54, 1.807) is 11.1 Å². The Balaban J connectivity index is 6.40. The zero-order valence-corrected chi connectivity index (χ0v) is 81.8. The molecule has 0 N–H and O–H groups in total. The average Bonchev–Trinajstić information content (AvgIpc) is 0.790. The van der Waals surface area contributed by atoms with Crippen molar-refractivity contribution in [1.29, 1.82) is 0 Å². The molecule has 0 aromatic heterocycles. The first-order valence-corrected chi connectivity index (χ1v) is 47.2. The van der Waals surface area contributed by atoms with Crippen molar-refractivity contribution in [3.63, 3.8) is 0 Å². The molecule has 38 unspecified atom stereocenters. The Hall–Kier alpha value is -0.260. The highest BCUT2D eigenvalue weighted by Gasteiger charge is 2.48. The predicted molar refractivity (Wildman–Crippen MR) is 479 cm³/mol. The van der Waals surface area contributed by atoms with E-state index in [0.717, 1.165) is 59.2 Å². The lowest BCUT2D eigenvalue weighted by atomic mass is 9.54. The van der Waals surface area contributed by atoms with Crippen LogP contribution >= 0.6 is 0 Å². The van der Waals surface area contributed by atoms with Crippen molar-refractivity contribution in [2.75, 3.05) is 0 Å². The second-order valence-electron chi connectivity index (χ2n) is 44.1. The molecule has 0 nitrogen and oxygen atoms in total. The molecular formula is C104H208. The van der Waals surface area contributed by atoms with Crippen molar-refractivity contribution in [1.82, 2.24) is 0 Å². The molecule has 0 aliphatic rings. The van der Waals surface area contributed by atoms with Crippen molar-refractivity contribution in [2.24, 2.45) is 247 Å². The van der Waals surface area contributed by atoms with Gasteiger partial charge >= 0.3 is 0 Å². The van der Waals surface area contributed by atoms with Crippen LogP contribution in [0.5, 0.6) is 0 Å². The van der Waals surface area contributed by atoms with Gasteiger partial charge in [-0.2, -0.15) is 0 Å². The number of unbranched alkanes of at least 4 members (excludes halogenated alkanes) is 7. The molecule has 38 atom stereocenters. The fourth-order valence-corrected chi connectivity index (χ4v) is 23.2. The molecule has 0 aromatic rings. The largest absolute Gasteiger partial charge is 0.0710 e. The molecule has 0 amide bonds. The van der Waals surface area contributed by atoms with Crippen LogP contribution in [-0.4, -0.2) is 0 Å². The third kappa shape index (κ3) is 26.7. The van der Waals surface area contributed by atoms with Gasteiger partial charge in [0.15, 0.2) is 0 Å². The Kier molecular flexibility index (Phi) is 46.1. The number of rotatable bonds is 53. The minimum atomic E-state index is 0.194.